The second kappa shape index (κ2) is 12.2. The van der Waals surface area contributed by atoms with Gasteiger partial charge in [-0.15, -0.1) is 6.58 Å². The maximum Gasteiger partial charge on any atom is 0.331 e. The molecule has 0 aliphatic carbocycles. The minimum Gasteiger partial charge on any atom is -0.478 e. The molecule has 7 nitrogen and oxygen atoms in total. The van der Waals surface area contributed by atoms with Gasteiger partial charge in [0.2, 0.25) is 11.8 Å². The largest absolute Gasteiger partial charge is 0.478 e. The predicted octanol–water partition coefficient (Wildman–Crippen LogP) is 3.76. The molecule has 1 aromatic carbocycles. The van der Waals surface area contributed by atoms with Crippen molar-refractivity contribution in [1.82, 2.24) is 15.5 Å². The van der Waals surface area contributed by atoms with Gasteiger partial charge in [0.05, 0.1) is 12.1 Å². The molecule has 0 aromatic heterocycles. The highest BCUT2D eigenvalue weighted by molar-refractivity contribution is 5.92. The second-order valence-electron chi connectivity index (χ2n) is 10.6. The molecule has 1 rings (SSSR count). The van der Waals surface area contributed by atoms with Crippen molar-refractivity contribution in [2.24, 2.45) is 11.3 Å². The summed E-state index contributed by atoms with van der Waals surface area (Å²) in [6.45, 7) is 16.9. The molecule has 0 radical (unpaired) electrons. The first-order valence-electron chi connectivity index (χ1n) is 12.0. The summed E-state index contributed by atoms with van der Waals surface area (Å²) in [7, 11) is 3.37. The van der Waals surface area contributed by atoms with Gasteiger partial charge < -0.3 is 20.6 Å². The van der Waals surface area contributed by atoms with E-state index < -0.39 is 34.9 Å². The maximum absolute atomic E-state index is 13.8. The smallest absolute Gasteiger partial charge is 0.331 e. The summed E-state index contributed by atoms with van der Waals surface area (Å²) in [5.41, 5.74) is -0.165. The molecule has 2 amide bonds. The highest BCUT2D eigenvalue weighted by atomic mass is 16.4. The zero-order chi connectivity index (χ0) is 27.1. The summed E-state index contributed by atoms with van der Waals surface area (Å²) in [4.78, 5) is 40.3. The Morgan fingerprint density at radius 3 is 2.03 bits per heavy atom. The minimum absolute atomic E-state index is 0.0384. The van der Waals surface area contributed by atoms with Gasteiger partial charge in [0.25, 0.3) is 0 Å². The van der Waals surface area contributed by atoms with Gasteiger partial charge >= 0.3 is 5.97 Å². The number of carboxylic acid groups (broad SMARTS) is 1. The third kappa shape index (κ3) is 7.28. The van der Waals surface area contributed by atoms with Crippen LogP contribution in [0.2, 0.25) is 0 Å². The molecule has 0 saturated carbocycles. The quantitative estimate of drug-likeness (QED) is 0.309. The van der Waals surface area contributed by atoms with E-state index in [9.17, 15) is 19.5 Å². The predicted molar refractivity (Wildman–Crippen MR) is 141 cm³/mol. The standard InChI is InChI=1S/C28H43N3O4/c1-11-27(5,6)23(25(33)31(10)21(18(2)3)17-19(4)26(34)35)30-24(32)22(29-9)28(7,8)20-15-13-12-14-16-20/h11-18,21-23,29H,1H2,2-10H3,(H,30,32)(H,34,35)/t21-,22-,23-/m1/s1. The van der Waals surface area contributed by atoms with Gasteiger partial charge in [-0.05, 0) is 25.5 Å². The Bertz CT molecular complexity index is 935. The van der Waals surface area contributed by atoms with Crippen molar-refractivity contribution >= 4 is 17.8 Å². The summed E-state index contributed by atoms with van der Waals surface area (Å²) in [6, 6.07) is 7.78. The molecule has 0 unspecified atom stereocenters. The number of carboxylic acids is 1. The molecule has 0 aliphatic heterocycles. The van der Waals surface area contributed by atoms with E-state index in [1.807, 2.05) is 71.9 Å². The van der Waals surface area contributed by atoms with Crippen molar-refractivity contribution in [3.8, 4) is 0 Å². The third-order valence-corrected chi connectivity index (χ3v) is 6.83. The normalized spacial score (nSPS) is 15.2. The molecule has 1 aromatic rings. The van der Waals surface area contributed by atoms with Crippen molar-refractivity contribution in [3.05, 3.63) is 60.2 Å². The molecule has 0 bridgehead atoms. The molecule has 3 atom stereocenters. The fourth-order valence-electron chi connectivity index (χ4n) is 4.19. The summed E-state index contributed by atoms with van der Waals surface area (Å²) in [6.07, 6.45) is 3.24. The first kappa shape index (κ1) is 30.1. The summed E-state index contributed by atoms with van der Waals surface area (Å²) in [5.74, 6) is -1.69. The molecular weight excluding hydrogens is 442 g/mol. The lowest BCUT2D eigenvalue weighted by Crippen LogP contribution is -2.61. The first-order chi connectivity index (χ1) is 16.1. The third-order valence-electron chi connectivity index (χ3n) is 6.83. The number of hydrogen-bond acceptors (Lipinski definition) is 4. The zero-order valence-corrected chi connectivity index (χ0v) is 22.7. The topological polar surface area (TPSA) is 98.7 Å². The van der Waals surface area contributed by atoms with Gasteiger partial charge in [0.1, 0.15) is 6.04 Å². The average Bonchev–Trinajstić information content (AvgIpc) is 2.80. The molecular formula is C28H43N3O4. The minimum atomic E-state index is -1.03. The molecule has 194 valence electrons. The van der Waals surface area contributed by atoms with Crippen LogP contribution in [0.1, 0.15) is 54.0 Å². The van der Waals surface area contributed by atoms with Crippen LogP contribution in [0, 0.1) is 11.3 Å². The van der Waals surface area contributed by atoms with Gasteiger partial charge in [0, 0.05) is 23.5 Å². The van der Waals surface area contributed by atoms with Crippen molar-refractivity contribution < 1.29 is 19.5 Å². The van der Waals surface area contributed by atoms with Gasteiger partial charge in [-0.25, -0.2) is 4.79 Å². The first-order valence-corrected chi connectivity index (χ1v) is 12.0. The van der Waals surface area contributed by atoms with E-state index in [0.717, 1.165) is 5.56 Å². The molecule has 7 heteroatoms. The van der Waals surface area contributed by atoms with Crippen LogP contribution in [0.3, 0.4) is 0 Å². The molecule has 0 spiro atoms. The Morgan fingerprint density at radius 1 is 1.06 bits per heavy atom. The van der Waals surface area contributed by atoms with E-state index in [2.05, 4.69) is 17.2 Å². The lowest BCUT2D eigenvalue weighted by atomic mass is 9.76. The van der Waals surface area contributed by atoms with Crippen LogP contribution in [0.4, 0.5) is 0 Å². The summed E-state index contributed by atoms with van der Waals surface area (Å²) < 4.78 is 0. The second-order valence-corrected chi connectivity index (χ2v) is 10.6. The van der Waals surface area contributed by atoms with Crippen molar-refractivity contribution in [2.45, 2.75) is 72.0 Å². The van der Waals surface area contributed by atoms with E-state index in [0.29, 0.717) is 0 Å². The lowest BCUT2D eigenvalue weighted by Gasteiger charge is -2.40. The molecule has 35 heavy (non-hydrogen) atoms. The lowest BCUT2D eigenvalue weighted by molar-refractivity contribution is -0.140. The van der Waals surface area contributed by atoms with Crippen LogP contribution in [0.5, 0.6) is 0 Å². The van der Waals surface area contributed by atoms with Crippen LogP contribution in [0.15, 0.2) is 54.6 Å². The SMILES string of the molecule is C=CC(C)(C)[C@H](NC(=O)[C@@H](NC)C(C)(C)c1ccccc1)C(=O)N(C)[C@H](C=C(C)C(=O)O)C(C)C. The Kier molecular flexibility index (Phi) is 10.5. The van der Waals surface area contributed by atoms with Gasteiger partial charge in [-0.2, -0.15) is 0 Å². The summed E-state index contributed by atoms with van der Waals surface area (Å²) in [5, 5.41) is 15.4. The van der Waals surface area contributed by atoms with Crippen LogP contribution in [-0.4, -0.2) is 60.0 Å². The molecule has 0 fully saturated rings. The van der Waals surface area contributed by atoms with E-state index in [1.54, 1.807) is 26.2 Å². The number of aliphatic carboxylic acids is 1. The van der Waals surface area contributed by atoms with Gasteiger partial charge in [0.15, 0.2) is 0 Å². The van der Waals surface area contributed by atoms with Gasteiger partial charge in [-0.3, -0.25) is 9.59 Å². The number of benzene rings is 1. The van der Waals surface area contributed by atoms with Crippen molar-refractivity contribution in [1.29, 1.82) is 0 Å². The Hall–Kier alpha value is -2.93. The van der Waals surface area contributed by atoms with Crippen LogP contribution in [0.25, 0.3) is 0 Å². The van der Waals surface area contributed by atoms with Crippen LogP contribution >= 0.6 is 0 Å². The van der Waals surface area contributed by atoms with E-state index in [1.165, 1.54) is 11.8 Å². The molecule has 0 aliphatic rings. The highest BCUT2D eigenvalue weighted by Gasteiger charge is 2.42. The van der Waals surface area contributed by atoms with E-state index in [4.69, 9.17) is 0 Å². The number of amides is 2. The highest BCUT2D eigenvalue weighted by Crippen LogP contribution is 2.29. The number of nitrogens with one attached hydrogen (secondary N) is 2. The number of carbonyl (C=O) groups excluding carboxylic acids is 2. The Balaban J connectivity index is 3.37. The average molecular weight is 486 g/mol. The number of nitrogens with zero attached hydrogens (tertiary/aromatic N) is 1. The summed E-state index contributed by atoms with van der Waals surface area (Å²) >= 11 is 0. The zero-order valence-electron chi connectivity index (χ0n) is 22.7. The number of carbonyl (C=O) groups is 3. The fourth-order valence-corrected chi connectivity index (χ4v) is 4.19. The van der Waals surface area contributed by atoms with Crippen molar-refractivity contribution in [3.63, 3.8) is 0 Å². The molecule has 0 saturated heterocycles. The van der Waals surface area contributed by atoms with Gasteiger partial charge in [-0.1, -0.05) is 84.0 Å². The number of hydrogen-bond donors (Lipinski definition) is 3. The fraction of sp³-hybridized carbons (Fsp3) is 0.536. The molecule has 3 N–H and O–H groups in total. The van der Waals surface area contributed by atoms with Crippen LogP contribution in [-0.2, 0) is 19.8 Å². The number of likely N-dealkylation sites (N-methyl/N-ethyl adjacent to an activating group) is 2. The Morgan fingerprint density at radius 2 is 1.60 bits per heavy atom. The van der Waals surface area contributed by atoms with E-state index >= 15 is 0 Å². The molecule has 0 heterocycles. The maximum atomic E-state index is 13.8. The van der Waals surface area contributed by atoms with Crippen molar-refractivity contribution in [2.75, 3.05) is 14.1 Å². The van der Waals surface area contributed by atoms with Crippen LogP contribution < -0.4 is 10.6 Å². The number of rotatable bonds is 12. The monoisotopic (exact) mass is 485 g/mol. The van der Waals surface area contributed by atoms with E-state index in [-0.39, 0.29) is 23.3 Å². The Labute approximate surface area is 210 Å².